The Morgan fingerprint density at radius 3 is 2.88 bits per heavy atom. The van der Waals surface area contributed by atoms with E-state index in [9.17, 15) is 9.18 Å². The second-order valence-electron chi connectivity index (χ2n) is 5.31. The van der Waals surface area contributed by atoms with Gasteiger partial charge in [-0.15, -0.1) is 21.5 Å². The highest BCUT2D eigenvalue weighted by atomic mass is 32.2. The van der Waals surface area contributed by atoms with Crippen molar-refractivity contribution in [3.63, 3.8) is 0 Å². The number of hydrogen-bond donors (Lipinski definition) is 1. The molecule has 0 aliphatic heterocycles. The maximum absolute atomic E-state index is 13.9. The van der Waals surface area contributed by atoms with Gasteiger partial charge >= 0.3 is 0 Å². The highest BCUT2D eigenvalue weighted by molar-refractivity contribution is 7.99. The topological polar surface area (TPSA) is 59.8 Å². The minimum atomic E-state index is -0.346. The quantitative estimate of drug-likeness (QED) is 0.644. The number of benzene rings is 1. The third-order valence-corrected chi connectivity index (χ3v) is 5.51. The molecule has 0 aliphatic rings. The Morgan fingerprint density at radius 2 is 2.12 bits per heavy atom. The number of aromatic nitrogens is 3. The van der Waals surface area contributed by atoms with Gasteiger partial charge in [-0.3, -0.25) is 4.79 Å². The van der Waals surface area contributed by atoms with Crippen LogP contribution in [0.1, 0.15) is 4.88 Å². The molecule has 25 heavy (non-hydrogen) atoms. The fourth-order valence-electron chi connectivity index (χ4n) is 2.28. The van der Waals surface area contributed by atoms with Crippen LogP contribution in [-0.2, 0) is 18.3 Å². The van der Waals surface area contributed by atoms with Gasteiger partial charge in [0.05, 0.1) is 11.3 Å². The lowest BCUT2D eigenvalue weighted by Gasteiger charge is -2.05. The van der Waals surface area contributed by atoms with E-state index in [2.05, 4.69) is 21.6 Å². The molecule has 1 amide bonds. The second-order valence-corrected chi connectivity index (χ2v) is 7.29. The van der Waals surface area contributed by atoms with Gasteiger partial charge in [0.25, 0.3) is 0 Å². The molecule has 5 nitrogen and oxygen atoms in total. The van der Waals surface area contributed by atoms with Gasteiger partial charge in [0, 0.05) is 18.5 Å². The van der Waals surface area contributed by atoms with Crippen LogP contribution >= 0.6 is 23.1 Å². The molecule has 1 aromatic carbocycles. The van der Waals surface area contributed by atoms with Crippen LogP contribution in [0.4, 0.5) is 4.39 Å². The summed E-state index contributed by atoms with van der Waals surface area (Å²) in [7, 11) is 1.76. The van der Waals surface area contributed by atoms with Crippen LogP contribution in [0.25, 0.3) is 11.4 Å². The fraction of sp³-hybridized carbons (Fsp3) is 0.235. The average molecular weight is 376 g/mol. The minimum absolute atomic E-state index is 0.0583. The van der Waals surface area contributed by atoms with E-state index in [1.807, 2.05) is 11.4 Å². The van der Waals surface area contributed by atoms with Crippen molar-refractivity contribution in [3.05, 3.63) is 52.5 Å². The number of nitrogens with one attached hydrogen (secondary N) is 1. The molecule has 8 heteroatoms. The third kappa shape index (κ3) is 4.46. The number of carbonyl (C=O) groups excluding carboxylic acids is 1. The Bertz CT molecular complexity index is 848. The van der Waals surface area contributed by atoms with Crippen molar-refractivity contribution in [1.82, 2.24) is 20.1 Å². The summed E-state index contributed by atoms with van der Waals surface area (Å²) in [6.45, 7) is 0.610. The van der Waals surface area contributed by atoms with E-state index < -0.39 is 0 Å². The van der Waals surface area contributed by atoms with Crippen molar-refractivity contribution in [2.24, 2.45) is 7.05 Å². The smallest absolute Gasteiger partial charge is 0.230 e. The Kier molecular flexibility index (Phi) is 5.83. The summed E-state index contributed by atoms with van der Waals surface area (Å²) in [4.78, 5) is 13.2. The van der Waals surface area contributed by atoms with E-state index in [1.165, 1.54) is 22.7 Å². The highest BCUT2D eigenvalue weighted by Gasteiger charge is 2.15. The predicted molar refractivity (Wildman–Crippen MR) is 98.2 cm³/mol. The molecule has 130 valence electrons. The largest absolute Gasteiger partial charge is 0.355 e. The molecule has 0 radical (unpaired) electrons. The lowest BCUT2D eigenvalue weighted by molar-refractivity contribution is -0.118. The predicted octanol–water partition coefficient (Wildman–Crippen LogP) is 3.13. The Labute approximate surface area is 153 Å². The molecule has 2 aromatic heterocycles. The third-order valence-electron chi connectivity index (χ3n) is 3.56. The summed E-state index contributed by atoms with van der Waals surface area (Å²) >= 11 is 2.96. The molecule has 0 spiro atoms. The molecule has 2 heterocycles. The zero-order valence-corrected chi connectivity index (χ0v) is 15.2. The normalized spacial score (nSPS) is 10.8. The van der Waals surface area contributed by atoms with Crippen LogP contribution in [0, 0.1) is 5.82 Å². The molecule has 0 bridgehead atoms. The van der Waals surface area contributed by atoms with Crippen LogP contribution < -0.4 is 5.32 Å². The highest BCUT2D eigenvalue weighted by Crippen LogP contribution is 2.24. The molecule has 0 fully saturated rings. The number of halogens is 1. The van der Waals surface area contributed by atoms with Gasteiger partial charge in [-0.25, -0.2) is 4.39 Å². The standard InChI is InChI=1S/C17H17FN4OS2/c1-22-16(13-6-2-3-7-14(13)18)20-21-17(22)25-11-15(23)19-9-8-12-5-4-10-24-12/h2-7,10H,8-9,11H2,1H3,(H,19,23). The molecule has 0 saturated heterocycles. The maximum Gasteiger partial charge on any atom is 0.230 e. The molecule has 3 aromatic rings. The van der Waals surface area contributed by atoms with Crippen molar-refractivity contribution in [1.29, 1.82) is 0 Å². The van der Waals surface area contributed by atoms with Crippen molar-refractivity contribution >= 4 is 29.0 Å². The molecule has 1 N–H and O–H groups in total. The van der Waals surface area contributed by atoms with Crippen LogP contribution in [-0.4, -0.2) is 33.0 Å². The molecule has 3 rings (SSSR count). The van der Waals surface area contributed by atoms with Crippen LogP contribution in [0.2, 0.25) is 0 Å². The zero-order valence-electron chi connectivity index (χ0n) is 13.6. The van der Waals surface area contributed by atoms with Crippen molar-refractivity contribution in [3.8, 4) is 11.4 Å². The first kappa shape index (κ1) is 17.6. The number of nitrogens with zero attached hydrogens (tertiary/aromatic N) is 3. The van der Waals surface area contributed by atoms with Gasteiger partial charge in [-0.05, 0) is 30.0 Å². The Balaban J connectivity index is 1.53. The molecule has 0 atom stereocenters. The maximum atomic E-state index is 13.9. The monoisotopic (exact) mass is 376 g/mol. The van der Waals surface area contributed by atoms with Crippen molar-refractivity contribution in [2.75, 3.05) is 12.3 Å². The molecule has 0 aliphatic carbocycles. The van der Waals surface area contributed by atoms with Crippen molar-refractivity contribution in [2.45, 2.75) is 11.6 Å². The van der Waals surface area contributed by atoms with Crippen LogP contribution in [0.5, 0.6) is 0 Å². The number of thiophene rings is 1. The van der Waals surface area contributed by atoms with Crippen LogP contribution in [0.15, 0.2) is 46.9 Å². The van der Waals surface area contributed by atoms with Crippen LogP contribution in [0.3, 0.4) is 0 Å². The second kappa shape index (κ2) is 8.26. The number of thioether (sulfide) groups is 1. The van der Waals surface area contributed by atoms with E-state index in [0.717, 1.165) is 6.42 Å². The van der Waals surface area contributed by atoms with Gasteiger partial charge in [0.15, 0.2) is 11.0 Å². The summed E-state index contributed by atoms with van der Waals surface area (Å²) in [6, 6.07) is 10.5. The number of hydrogen-bond acceptors (Lipinski definition) is 5. The van der Waals surface area contributed by atoms with Crippen molar-refractivity contribution < 1.29 is 9.18 Å². The Morgan fingerprint density at radius 1 is 1.28 bits per heavy atom. The van der Waals surface area contributed by atoms with E-state index in [4.69, 9.17) is 0 Å². The summed E-state index contributed by atoms with van der Waals surface area (Å²) in [5.41, 5.74) is 0.393. The summed E-state index contributed by atoms with van der Waals surface area (Å²) in [5, 5.41) is 13.6. The SMILES string of the molecule is Cn1c(SCC(=O)NCCc2cccs2)nnc1-c1ccccc1F. The van der Waals surface area contributed by atoms with E-state index in [-0.39, 0.29) is 17.5 Å². The van der Waals surface area contributed by atoms with Gasteiger partial charge in [-0.2, -0.15) is 0 Å². The first-order chi connectivity index (χ1) is 12.1. The van der Waals surface area contributed by atoms with Gasteiger partial charge in [0.1, 0.15) is 5.82 Å². The number of carbonyl (C=O) groups is 1. The first-order valence-corrected chi connectivity index (χ1v) is 9.58. The molecule has 0 unspecified atom stereocenters. The first-order valence-electron chi connectivity index (χ1n) is 7.71. The lowest BCUT2D eigenvalue weighted by atomic mass is 10.2. The van der Waals surface area contributed by atoms with E-state index in [0.29, 0.717) is 23.1 Å². The fourth-order valence-corrected chi connectivity index (χ4v) is 3.73. The summed E-state index contributed by atoms with van der Waals surface area (Å²) in [6.07, 6.45) is 0.829. The lowest BCUT2D eigenvalue weighted by Crippen LogP contribution is -2.27. The molecular formula is C17H17FN4OS2. The molecule has 0 saturated carbocycles. The minimum Gasteiger partial charge on any atom is -0.355 e. The van der Waals surface area contributed by atoms with Gasteiger partial charge in [-0.1, -0.05) is 30.0 Å². The van der Waals surface area contributed by atoms with E-state index in [1.54, 1.807) is 41.2 Å². The zero-order chi connectivity index (χ0) is 17.6. The summed E-state index contributed by atoms with van der Waals surface area (Å²) < 4.78 is 15.6. The Hall–Kier alpha value is -2.19. The van der Waals surface area contributed by atoms with E-state index >= 15 is 0 Å². The number of rotatable bonds is 7. The van der Waals surface area contributed by atoms with Gasteiger partial charge < -0.3 is 9.88 Å². The number of amides is 1. The van der Waals surface area contributed by atoms with Gasteiger partial charge in [0.2, 0.25) is 5.91 Å². The summed E-state index contributed by atoms with van der Waals surface area (Å²) in [5.74, 6) is 0.282. The average Bonchev–Trinajstić information content (AvgIpc) is 3.24. The molecular weight excluding hydrogens is 359 g/mol.